The number of carbonyl (C=O) groups is 2. The molecule has 0 aromatic heterocycles. The van der Waals surface area contributed by atoms with Crippen molar-refractivity contribution in [2.45, 2.75) is 25.9 Å². The first-order valence-electron chi connectivity index (χ1n) is 7.83. The van der Waals surface area contributed by atoms with Crippen LogP contribution in [-0.4, -0.2) is 67.0 Å². The maximum absolute atomic E-state index is 12.8. The third-order valence-corrected chi connectivity index (χ3v) is 5.58. The van der Waals surface area contributed by atoms with Gasteiger partial charge in [0.2, 0.25) is 15.9 Å². The second-order valence-electron chi connectivity index (χ2n) is 6.29. The zero-order valence-corrected chi connectivity index (χ0v) is 16.4. The number of anilines is 1. The number of rotatable bonds is 5. The van der Waals surface area contributed by atoms with Gasteiger partial charge in [-0.3, -0.25) is 14.3 Å². The van der Waals surface area contributed by atoms with Crippen LogP contribution in [0.5, 0.6) is 0 Å². The van der Waals surface area contributed by atoms with Gasteiger partial charge in [0.25, 0.3) is 5.91 Å². The standard InChI is InChI=1S/C16H23N3O4S2/c1-11(2)18(3)16(21)14-9-24-10-19(14)15(20)12-6-5-7-13(8-12)17-25(4,22)23/h5-8,11,14,17H,9-10H2,1-4H3/t14-/m1/s1. The van der Waals surface area contributed by atoms with E-state index in [4.69, 9.17) is 0 Å². The van der Waals surface area contributed by atoms with Gasteiger partial charge in [0.1, 0.15) is 6.04 Å². The Balaban J connectivity index is 2.22. The third-order valence-electron chi connectivity index (χ3n) is 3.96. The highest BCUT2D eigenvalue weighted by Crippen LogP contribution is 2.25. The lowest BCUT2D eigenvalue weighted by molar-refractivity contribution is -0.135. The SMILES string of the molecule is CC(C)N(C)C(=O)[C@H]1CSCN1C(=O)c1cccc(NS(C)(=O)=O)c1. The number of likely N-dealkylation sites (N-methyl/N-ethyl adjacent to an activating group) is 1. The summed E-state index contributed by atoms with van der Waals surface area (Å²) in [6.45, 7) is 3.85. The van der Waals surface area contributed by atoms with Crippen molar-refractivity contribution in [2.24, 2.45) is 0 Å². The molecule has 1 atom stereocenters. The van der Waals surface area contributed by atoms with E-state index in [1.54, 1.807) is 35.0 Å². The lowest BCUT2D eigenvalue weighted by Crippen LogP contribution is -2.49. The number of thioether (sulfide) groups is 1. The van der Waals surface area contributed by atoms with Crippen LogP contribution in [0.25, 0.3) is 0 Å². The molecule has 0 unspecified atom stereocenters. The van der Waals surface area contributed by atoms with E-state index in [1.165, 1.54) is 17.8 Å². The Morgan fingerprint density at radius 3 is 2.64 bits per heavy atom. The number of nitrogens with one attached hydrogen (secondary N) is 1. The predicted octanol–water partition coefficient (Wildman–Crippen LogP) is 1.44. The second kappa shape index (κ2) is 7.65. The van der Waals surface area contributed by atoms with Crippen LogP contribution < -0.4 is 4.72 Å². The van der Waals surface area contributed by atoms with Crippen molar-refractivity contribution in [3.05, 3.63) is 29.8 Å². The molecule has 1 saturated heterocycles. The van der Waals surface area contributed by atoms with Crippen LogP contribution in [0, 0.1) is 0 Å². The van der Waals surface area contributed by atoms with E-state index in [0.29, 0.717) is 22.9 Å². The molecule has 1 aliphatic rings. The lowest BCUT2D eigenvalue weighted by atomic mass is 10.1. The van der Waals surface area contributed by atoms with Crippen molar-refractivity contribution < 1.29 is 18.0 Å². The van der Waals surface area contributed by atoms with Crippen LogP contribution in [-0.2, 0) is 14.8 Å². The minimum Gasteiger partial charge on any atom is -0.342 e. The van der Waals surface area contributed by atoms with E-state index in [-0.39, 0.29) is 17.9 Å². The summed E-state index contributed by atoms with van der Waals surface area (Å²) in [5.74, 6) is 0.629. The van der Waals surface area contributed by atoms with E-state index in [2.05, 4.69) is 4.72 Å². The molecular weight excluding hydrogens is 362 g/mol. The summed E-state index contributed by atoms with van der Waals surface area (Å²) >= 11 is 1.53. The fraction of sp³-hybridized carbons (Fsp3) is 0.500. The van der Waals surface area contributed by atoms with E-state index >= 15 is 0 Å². The van der Waals surface area contributed by atoms with E-state index < -0.39 is 16.1 Å². The van der Waals surface area contributed by atoms with Crippen molar-refractivity contribution in [3.63, 3.8) is 0 Å². The molecule has 1 aromatic rings. The minimum atomic E-state index is -3.42. The summed E-state index contributed by atoms with van der Waals surface area (Å²) in [5, 5.41) is 0. The number of nitrogens with zero attached hydrogens (tertiary/aromatic N) is 2. The average molecular weight is 386 g/mol. The number of carbonyl (C=O) groups excluding carboxylic acids is 2. The number of amides is 2. The van der Waals surface area contributed by atoms with Gasteiger partial charge < -0.3 is 9.80 Å². The largest absolute Gasteiger partial charge is 0.342 e. The average Bonchev–Trinajstić information content (AvgIpc) is 3.00. The molecule has 25 heavy (non-hydrogen) atoms. The predicted molar refractivity (Wildman–Crippen MR) is 100 cm³/mol. The highest BCUT2D eigenvalue weighted by Gasteiger charge is 2.37. The Labute approximate surface area is 152 Å². The molecule has 1 heterocycles. The summed E-state index contributed by atoms with van der Waals surface area (Å²) in [7, 11) is -1.69. The van der Waals surface area contributed by atoms with Gasteiger partial charge in [-0.05, 0) is 32.0 Å². The molecule has 0 bridgehead atoms. The summed E-state index contributed by atoms with van der Waals surface area (Å²) in [5.41, 5.74) is 0.670. The molecule has 1 aromatic carbocycles. The minimum absolute atomic E-state index is 0.0531. The Morgan fingerprint density at radius 2 is 2.04 bits per heavy atom. The summed E-state index contributed by atoms with van der Waals surface area (Å²) in [4.78, 5) is 28.6. The zero-order chi connectivity index (χ0) is 18.8. The first-order valence-corrected chi connectivity index (χ1v) is 10.9. The van der Waals surface area contributed by atoms with Crippen molar-refractivity contribution >= 4 is 39.3 Å². The molecule has 0 saturated carbocycles. The molecule has 1 N–H and O–H groups in total. The molecule has 2 amide bonds. The molecule has 0 aliphatic carbocycles. The van der Waals surface area contributed by atoms with Crippen molar-refractivity contribution in [3.8, 4) is 0 Å². The van der Waals surface area contributed by atoms with Crippen molar-refractivity contribution in [1.29, 1.82) is 0 Å². The van der Waals surface area contributed by atoms with Crippen LogP contribution in [0.1, 0.15) is 24.2 Å². The molecule has 1 aliphatic heterocycles. The van der Waals surface area contributed by atoms with Crippen LogP contribution in [0.3, 0.4) is 0 Å². The first kappa shape index (κ1) is 19.6. The highest BCUT2D eigenvalue weighted by atomic mass is 32.2. The summed E-state index contributed by atoms with van der Waals surface area (Å²) in [6.07, 6.45) is 1.05. The smallest absolute Gasteiger partial charge is 0.255 e. The number of hydrogen-bond acceptors (Lipinski definition) is 5. The van der Waals surface area contributed by atoms with Gasteiger partial charge in [0, 0.05) is 30.1 Å². The van der Waals surface area contributed by atoms with Crippen LogP contribution in [0.2, 0.25) is 0 Å². The maximum atomic E-state index is 12.8. The Morgan fingerprint density at radius 1 is 1.36 bits per heavy atom. The quantitative estimate of drug-likeness (QED) is 0.829. The molecular formula is C16H23N3O4S2. The molecule has 9 heteroatoms. The van der Waals surface area contributed by atoms with Crippen LogP contribution >= 0.6 is 11.8 Å². The maximum Gasteiger partial charge on any atom is 0.255 e. The fourth-order valence-corrected chi connectivity index (χ4v) is 4.13. The molecule has 2 rings (SSSR count). The zero-order valence-electron chi connectivity index (χ0n) is 14.7. The third kappa shape index (κ3) is 4.88. The van der Waals surface area contributed by atoms with Crippen molar-refractivity contribution in [1.82, 2.24) is 9.80 Å². The van der Waals surface area contributed by atoms with Gasteiger partial charge in [-0.1, -0.05) is 6.07 Å². The molecule has 0 radical (unpaired) electrons. The fourth-order valence-electron chi connectivity index (χ4n) is 2.43. The lowest BCUT2D eigenvalue weighted by Gasteiger charge is -2.29. The van der Waals surface area contributed by atoms with Gasteiger partial charge in [0.05, 0.1) is 12.1 Å². The van der Waals surface area contributed by atoms with Gasteiger partial charge in [-0.2, -0.15) is 0 Å². The molecule has 1 fully saturated rings. The number of benzene rings is 1. The first-order chi connectivity index (χ1) is 11.6. The van der Waals surface area contributed by atoms with E-state index in [1.807, 2.05) is 13.8 Å². The molecule has 138 valence electrons. The van der Waals surface area contributed by atoms with Crippen molar-refractivity contribution in [2.75, 3.05) is 29.7 Å². The second-order valence-corrected chi connectivity index (χ2v) is 9.04. The Bertz CT molecular complexity index is 764. The number of hydrogen-bond donors (Lipinski definition) is 1. The van der Waals surface area contributed by atoms with Gasteiger partial charge in [-0.25, -0.2) is 8.42 Å². The topological polar surface area (TPSA) is 86.8 Å². The Hall–Kier alpha value is -1.74. The van der Waals surface area contributed by atoms with Gasteiger partial charge in [-0.15, -0.1) is 11.8 Å². The molecule has 7 nitrogen and oxygen atoms in total. The van der Waals surface area contributed by atoms with Crippen LogP contribution in [0.15, 0.2) is 24.3 Å². The van der Waals surface area contributed by atoms with Gasteiger partial charge >= 0.3 is 0 Å². The van der Waals surface area contributed by atoms with Gasteiger partial charge in [0.15, 0.2) is 0 Å². The van der Waals surface area contributed by atoms with E-state index in [9.17, 15) is 18.0 Å². The monoisotopic (exact) mass is 385 g/mol. The normalized spacial score (nSPS) is 17.6. The number of sulfonamides is 1. The summed E-state index contributed by atoms with van der Waals surface area (Å²) in [6, 6.07) is 5.84. The highest BCUT2D eigenvalue weighted by molar-refractivity contribution is 7.99. The van der Waals surface area contributed by atoms with Crippen LogP contribution in [0.4, 0.5) is 5.69 Å². The Kier molecular flexibility index (Phi) is 5.99. The molecule has 0 spiro atoms. The summed E-state index contributed by atoms with van der Waals surface area (Å²) < 4.78 is 25.1. The van der Waals surface area contributed by atoms with E-state index in [0.717, 1.165) is 6.26 Å².